The highest BCUT2D eigenvalue weighted by molar-refractivity contribution is 5.39. The van der Waals surface area contributed by atoms with E-state index in [4.69, 9.17) is 5.26 Å². The highest BCUT2D eigenvalue weighted by Gasteiger charge is 2.32. The minimum absolute atomic E-state index is 0.0887. The summed E-state index contributed by atoms with van der Waals surface area (Å²) in [6, 6.07) is 4.19. The summed E-state index contributed by atoms with van der Waals surface area (Å²) in [6.45, 7) is 0. The van der Waals surface area contributed by atoms with Gasteiger partial charge in [-0.05, 0) is 6.07 Å². The second kappa shape index (κ2) is 4.99. The van der Waals surface area contributed by atoms with E-state index in [0.29, 0.717) is 6.07 Å². The van der Waals surface area contributed by atoms with Crippen LogP contribution in [-0.2, 0) is 6.42 Å². The number of nitrogens with zero attached hydrogens (tertiary/aromatic N) is 1. The van der Waals surface area contributed by atoms with Gasteiger partial charge in [0, 0.05) is 11.1 Å². The van der Waals surface area contributed by atoms with Gasteiger partial charge in [0.05, 0.1) is 12.5 Å². The molecule has 2 nitrogen and oxygen atoms in total. The zero-order valence-corrected chi connectivity index (χ0v) is 8.26. The number of benzene rings is 1. The summed E-state index contributed by atoms with van der Waals surface area (Å²) in [5, 5.41) is 8.39. The molecule has 1 aromatic carbocycles. The molecule has 0 fully saturated rings. The SMILES string of the molecule is N#CCc1ccc(C(F)F)cc1OC(F)(F)F. The van der Waals surface area contributed by atoms with Gasteiger partial charge in [-0.15, -0.1) is 13.2 Å². The van der Waals surface area contributed by atoms with Crippen LogP contribution in [0.4, 0.5) is 22.0 Å². The van der Waals surface area contributed by atoms with E-state index in [1.165, 1.54) is 0 Å². The first-order valence-corrected chi connectivity index (χ1v) is 4.37. The molecule has 0 amide bonds. The molecule has 0 saturated heterocycles. The number of hydrogen-bond acceptors (Lipinski definition) is 2. The monoisotopic (exact) mass is 251 g/mol. The molecule has 0 aromatic heterocycles. The van der Waals surface area contributed by atoms with E-state index in [2.05, 4.69) is 4.74 Å². The van der Waals surface area contributed by atoms with Crippen molar-refractivity contribution >= 4 is 0 Å². The highest BCUT2D eigenvalue weighted by atomic mass is 19.4. The topological polar surface area (TPSA) is 33.0 Å². The largest absolute Gasteiger partial charge is 0.573 e. The predicted octanol–water partition coefficient (Wildman–Crippen LogP) is 3.59. The quantitative estimate of drug-likeness (QED) is 0.769. The van der Waals surface area contributed by atoms with E-state index in [1.807, 2.05) is 0 Å². The van der Waals surface area contributed by atoms with Crippen LogP contribution in [0.1, 0.15) is 17.6 Å². The van der Waals surface area contributed by atoms with Crippen LogP contribution in [0.5, 0.6) is 5.75 Å². The van der Waals surface area contributed by atoms with Crippen molar-refractivity contribution in [3.63, 3.8) is 0 Å². The van der Waals surface area contributed by atoms with Gasteiger partial charge in [-0.1, -0.05) is 12.1 Å². The molecule has 0 radical (unpaired) electrons. The van der Waals surface area contributed by atoms with Gasteiger partial charge in [0.25, 0.3) is 6.43 Å². The summed E-state index contributed by atoms with van der Waals surface area (Å²) >= 11 is 0. The first-order chi connectivity index (χ1) is 7.83. The number of rotatable bonds is 3. The summed E-state index contributed by atoms with van der Waals surface area (Å²) in [5.74, 6) is -0.767. The molecule has 1 aromatic rings. The molecule has 0 heterocycles. The molecule has 0 unspecified atom stereocenters. The minimum atomic E-state index is -4.98. The normalized spacial score (nSPS) is 11.4. The van der Waals surface area contributed by atoms with E-state index >= 15 is 0 Å². The van der Waals surface area contributed by atoms with E-state index in [0.717, 1.165) is 12.1 Å². The molecule has 0 spiro atoms. The Hall–Kier alpha value is -1.84. The molecule has 0 aliphatic heterocycles. The van der Waals surface area contributed by atoms with Crippen molar-refractivity contribution in [2.45, 2.75) is 19.2 Å². The minimum Gasteiger partial charge on any atom is -0.405 e. The van der Waals surface area contributed by atoms with Gasteiger partial charge < -0.3 is 4.74 Å². The Balaban J connectivity index is 3.12. The third-order valence-electron chi connectivity index (χ3n) is 1.84. The van der Waals surface area contributed by atoms with E-state index < -0.39 is 24.1 Å². The average Bonchev–Trinajstić information content (AvgIpc) is 2.18. The standard InChI is InChI=1S/C10H6F5NO/c11-9(12)7-2-1-6(3-4-16)8(5-7)17-10(13,14)15/h1-2,5,9H,3H2. The maximum Gasteiger partial charge on any atom is 0.573 e. The van der Waals surface area contributed by atoms with Crippen LogP contribution in [-0.4, -0.2) is 6.36 Å². The fourth-order valence-electron chi connectivity index (χ4n) is 1.16. The Morgan fingerprint density at radius 2 is 1.94 bits per heavy atom. The Morgan fingerprint density at radius 1 is 1.29 bits per heavy atom. The van der Waals surface area contributed by atoms with Crippen LogP contribution >= 0.6 is 0 Å². The van der Waals surface area contributed by atoms with Crippen LogP contribution in [0.25, 0.3) is 0 Å². The number of alkyl halides is 5. The fourth-order valence-corrected chi connectivity index (χ4v) is 1.16. The molecule has 17 heavy (non-hydrogen) atoms. The van der Waals surface area contributed by atoms with Crippen molar-refractivity contribution in [1.29, 1.82) is 5.26 Å². The lowest BCUT2D eigenvalue weighted by Gasteiger charge is -2.13. The smallest absolute Gasteiger partial charge is 0.405 e. The molecule has 0 aliphatic carbocycles. The van der Waals surface area contributed by atoms with E-state index in [1.54, 1.807) is 6.07 Å². The zero-order chi connectivity index (χ0) is 13.1. The molecule has 7 heteroatoms. The Labute approximate surface area is 93.2 Å². The molecule has 0 saturated carbocycles. The lowest BCUT2D eigenvalue weighted by Crippen LogP contribution is -2.18. The van der Waals surface area contributed by atoms with Crippen molar-refractivity contribution in [3.05, 3.63) is 29.3 Å². The van der Waals surface area contributed by atoms with Crippen molar-refractivity contribution < 1.29 is 26.7 Å². The van der Waals surface area contributed by atoms with E-state index in [9.17, 15) is 22.0 Å². The number of halogens is 5. The predicted molar refractivity (Wildman–Crippen MR) is 47.4 cm³/mol. The summed E-state index contributed by atoms with van der Waals surface area (Å²) in [4.78, 5) is 0. The van der Waals surface area contributed by atoms with Crippen LogP contribution in [0.2, 0.25) is 0 Å². The lowest BCUT2D eigenvalue weighted by molar-refractivity contribution is -0.274. The molecular weight excluding hydrogens is 245 g/mol. The molecular formula is C10H6F5NO. The first kappa shape index (κ1) is 13.2. The summed E-state index contributed by atoms with van der Waals surface area (Å²) in [5.41, 5.74) is -0.680. The molecule has 1 rings (SSSR count). The van der Waals surface area contributed by atoms with Gasteiger partial charge >= 0.3 is 6.36 Å². The molecule has 92 valence electrons. The van der Waals surface area contributed by atoms with Gasteiger partial charge in [0.15, 0.2) is 0 Å². The maximum atomic E-state index is 12.3. The van der Waals surface area contributed by atoms with Crippen LogP contribution < -0.4 is 4.74 Å². The maximum absolute atomic E-state index is 12.3. The molecule has 0 aliphatic rings. The highest BCUT2D eigenvalue weighted by Crippen LogP contribution is 2.31. The molecule has 0 bridgehead atoms. The van der Waals surface area contributed by atoms with Crippen molar-refractivity contribution in [2.75, 3.05) is 0 Å². The Morgan fingerprint density at radius 3 is 2.41 bits per heavy atom. The van der Waals surface area contributed by atoms with E-state index in [-0.39, 0.29) is 12.0 Å². The van der Waals surface area contributed by atoms with Gasteiger partial charge in [-0.25, -0.2) is 8.78 Å². The summed E-state index contributed by atoms with van der Waals surface area (Å²) in [7, 11) is 0. The third-order valence-corrected chi connectivity index (χ3v) is 1.84. The first-order valence-electron chi connectivity index (χ1n) is 4.37. The lowest BCUT2D eigenvalue weighted by atomic mass is 10.1. The van der Waals surface area contributed by atoms with Crippen LogP contribution in [0.3, 0.4) is 0 Å². The second-order valence-electron chi connectivity index (χ2n) is 3.05. The Bertz CT molecular complexity index is 435. The van der Waals surface area contributed by atoms with Gasteiger partial charge in [0.2, 0.25) is 0 Å². The number of hydrogen-bond donors (Lipinski definition) is 0. The fraction of sp³-hybridized carbons (Fsp3) is 0.300. The molecule has 0 N–H and O–H groups in total. The number of nitriles is 1. The van der Waals surface area contributed by atoms with Gasteiger partial charge in [0.1, 0.15) is 5.75 Å². The van der Waals surface area contributed by atoms with Crippen molar-refractivity contribution in [2.24, 2.45) is 0 Å². The summed E-state index contributed by atoms with van der Waals surface area (Å²) in [6.07, 6.45) is -8.23. The van der Waals surface area contributed by atoms with Crippen molar-refractivity contribution in [1.82, 2.24) is 0 Å². The van der Waals surface area contributed by atoms with Gasteiger partial charge in [-0.2, -0.15) is 5.26 Å². The second-order valence-corrected chi connectivity index (χ2v) is 3.05. The average molecular weight is 251 g/mol. The van der Waals surface area contributed by atoms with Crippen LogP contribution in [0.15, 0.2) is 18.2 Å². The number of ether oxygens (including phenoxy) is 1. The zero-order valence-electron chi connectivity index (χ0n) is 8.26. The third kappa shape index (κ3) is 3.90. The van der Waals surface area contributed by atoms with Crippen molar-refractivity contribution in [3.8, 4) is 11.8 Å². The van der Waals surface area contributed by atoms with Gasteiger partial charge in [-0.3, -0.25) is 0 Å². The Kier molecular flexibility index (Phi) is 3.89. The molecule has 0 atom stereocenters. The summed E-state index contributed by atoms with van der Waals surface area (Å²) < 4.78 is 64.2. The van der Waals surface area contributed by atoms with Crippen LogP contribution in [0, 0.1) is 11.3 Å².